The van der Waals surface area contributed by atoms with E-state index < -0.39 is 30.6 Å². The lowest BCUT2D eigenvalue weighted by Crippen LogP contribution is -2.22. The van der Waals surface area contributed by atoms with Crippen LogP contribution in [0.25, 0.3) is 10.9 Å². The quantitative estimate of drug-likeness (QED) is 0.572. The van der Waals surface area contributed by atoms with Crippen LogP contribution in [0.3, 0.4) is 0 Å². The van der Waals surface area contributed by atoms with Crippen LogP contribution in [0, 0.1) is 0 Å². The molecule has 0 radical (unpaired) electrons. The SMILES string of the molecule is O=C(COC(=O)c1c2c(nc3ccccc13)CCCC2)Nc1ccc(OC(F)(F)F)cc1. The fourth-order valence-electron chi connectivity index (χ4n) is 3.75. The number of alkyl halides is 3. The van der Waals surface area contributed by atoms with Crippen LogP contribution in [0.15, 0.2) is 48.5 Å². The highest BCUT2D eigenvalue weighted by Gasteiger charge is 2.31. The van der Waals surface area contributed by atoms with Crippen molar-refractivity contribution >= 4 is 28.5 Å². The molecule has 0 unspecified atom stereocenters. The lowest BCUT2D eigenvalue weighted by molar-refractivity contribution is -0.274. The number of fused-ring (bicyclic) bond motifs is 2. The Labute approximate surface area is 181 Å². The molecule has 0 saturated carbocycles. The number of hydrogen-bond donors (Lipinski definition) is 1. The summed E-state index contributed by atoms with van der Waals surface area (Å²) in [4.78, 5) is 29.8. The van der Waals surface area contributed by atoms with Gasteiger partial charge >= 0.3 is 12.3 Å². The maximum atomic E-state index is 12.9. The summed E-state index contributed by atoms with van der Waals surface area (Å²) >= 11 is 0. The van der Waals surface area contributed by atoms with Gasteiger partial charge in [0.2, 0.25) is 0 Å². The highest BCUT2D eigenvalue weighted by atomic mass is 19.4. The van der Waals surface area contributed by atoms with Crippen LogP contribution in [0.2, 0.25) is 0 Å². The van der Waals surface area contributed by atoms with Gasteiger partial charge in [-0.25, -0.2) is 4.79 Å². The van der Waals surface area contributed by atoms with Gasteiger partial charge in [0, 0.05) is 16.8 Å². The second-order valence-electron chi connectivity index (χ2n) is 7.33. The molecule has 0 bridgehead atoms. The van der Waals surface area contributed by atoms with Crippen LogP contribution in [0.1, 0.15) is 34.5 Å². The average molecular weight is 444 g/mol. The Balaban J connectivity index is 1.44. The van der Waals surface area contributed by atoms with Crippen molar-refractivity contribution in [2.45, 2.75) is 32.0 Å². The zero-order valence-corrected chi connectivity index (χ0v) is 16.9. The smallest absolute Gasteiger partial charge is 0.452 e. The van der Waals surface area contributed by atoms with Gasteiger partial charge in [0.05, 0.1) is 11.1 Å². The molecule has 1 aliphatic rings. The van der Waals surface area contributed by atoms with E-state index in [2.05, 4.69) is 15.0 Å². The van der Waals surface area contributed by atoms with Crippen molar-refractivity contribution in [2.24, 2.45) is 0 Å². The summed E-state index contributed by atoms with van der Waals surface area (Å²) in [6.45, 7) is -0.537. The fourth-order valence-corrected chi connectivity index (χ4v) is 3.75. The number of nitrogens with zero attached hydrogens (tertiary/aromatic N) is 1. The maximum absolute atomic E-state index is 12.9. The molecule has 166 valence electrons. The second-order valence-corrected chi connectivity index (χ2v) is 7.33. The number of aromatic nitrogens is 1. The number of aryl methyl sites for hydroxylation is 1. The fraction of sp³-hybridized carbons (Fsp3) is 0.261. The first-order valence-electron chi connectivity index (χ1n) is 10.0. The number of nitrogens with one attached hydrogen (secondary N) is 1. The monoisotopic (exact) mass is 444 g/mol. The summed E-state index contributed by atoms with van der Waals surface area (Å²) in [5.74, 6) is -1.63. The van der Waals surface area contributed by atoms with Crippen molar-refractivity contribution in [1.29, 1.82) is 0 Å². The first-order valence-corrected chi connectivity index (χ1v) is 10.0. The van der Waals surface area contributed by atoms with Gasteiger partial charge in [-0.05, 0) is 61.6 Å². The number of benzene rings is 2. The Hall–Kier alpha value is -3.62. The van der Waals surface area contributed by atoms with Crippen LogP contribution in [-0.4, -0.2) is 29.8 Å². The number of rotatable bonds is 5. The predicted molar refractivity (Wildman–Crippen MR) is 110 cm³/mol. The molecule has 32 heavy (non-hydrogen) atoms. The first kappa shape index (κ1) is 21.6. The molecule has 6 nitrogen and oxygen atoms in total. The van der Waals surface area contributed by atoms with Crippen molar-refractivity contribution in [3.8, 4) is 5.75 Å². The molecule has 2 aromatic carbocycles. The van der Waals surface area contributed by atoms with E-state index in [4.69, 9.17) is 4.74 Å². The van der Waals surface area contributed by atoms with Gasteiger partial charge in [0.1, 0.15) is 5.75 Å². The van der Waals surface area contributed by atoms with Gasteiger partial charge in [-0.2, -0.15) is 0 Å². The molecule has 1 aromatic heterocycles. The van der Waals surface area contributed by atoms with Gasteiger partial charge < -0.3 is 14.8 Å². The third-order valence-electron chi connectivity index (χ3n) is 5.08. The van der Waals surface area contributed by atoms with E-state index in [9.17, 15) is 22.8 Å². The lowest BCUT2D eigenvalue weighted by Gasteiger charge is -2.19. The molecule has 1 N–H and O–H groups in total. The van der Waals surface area contributed by atoms with Crippen molar-refractivity contribution in [3.63, 3.8) is 0 Å². The van der Waals surface area contributed by atoms with Crippen LogP contribution in [0.5, 0.6) is 5.75 Å². The molecule has 0 fully saturated rings. The Bertz CT molecular complexity index is 1160. The molecular weight excluding hydrogens is 425 g/mol. The Morgan fingerprint density at radius 2 is 1.72 bits per heavy atom. The number of anilines is 1. The van der Waals surface area contributed by atoms with E-state index in [1.165, 1.54) is 12.1 Å². The third kappa shape index (κ3) is 4.99. The second kappa shape index (κ2) is 8.86. The highest BCUT2D eigenvalue weighted by molar-refractivity contribution is 6.06. The molecule has 9 heteroatoms. The molecule has 4 rings (SSSR count). The van der Waals surface area contributed by atoms with Crippen LogP contribution >= 0.6 is 0 Å². The van der Waals surface area contributed by atoms with Crippen LogP contribution in [0.4, 0.5) is 18.9 Å². The molecule has 3 aromatic rings. The summed E-state index contributed by atoms with van der Waals surface area (Å²) in [5.41, 5.74) is 3.12. The number of halogens is 3. The minimum absolute atomic E-state index is 0.243. The molecule has 1 aliphatic carbocycles. The van der Waals surface area contributed by atoms with E-state index in [1.54, 1.807) is 6.07 Å². The van der Waals surface area contributed by atoms with Crippen molar-refractivity contribution in [1.82, 2.24) is 4.98 Å². The molecule has 1 heterocycles. The number of carbonyl (C=O) groups excluding carboxylic acids is 2. The van der Waals surface area contributed by atoms with Crippen LogP contribution < -0.4 is 10.1 Å². The van der Waals surface area contributed by atoms with E-state index in [-0.39, 0.29) is 5.69 Å². The van der Waals surface area contributed by atoms with Gasteiger partial charge in [0.25, 0.3) is 5.91 Å². The van der Waals surface area contributed by atoms with Crippen LogP contribution in [-0.2, 0) is 22.4 Å². The predicted octanol–water partition coefficient (Wildman–Crippen LogP) is 4.81. The summed E-state index contributed by atoms with van der Waals surface area (Å²) < 4.78 is 45.7. The van der Waals surface area contributed by atoms with Gasteiger partial charge in [-0.3, -0.25) is 9.78 Å². The number of amides is 1. The topological polar surface area (TPSA) is 77.5 Å². The Kier molecular flexibility index (Phi) is 5.98. The Morgan fingerprint density at radius 3 is 2.47 bits per heavy atom. The zero-order valence-electron chi connectivity index (χ0n) is 16.9. The molecule has 0 spiro atoms. The van der Waals surface area contributed by atoms with Gasteiger partial charge in [0.15, 0.2) is 6.61 Å². The van der Waals surface area contributed by atoms with E-state index in [0.29, 0.717) is 16.5 Å². The first-order chi connectivity index (χ1) is 15.3. The van der Waals surface area contributed by atoms with E-state index >= 15 is 0 Å². The van der Waals surface area contributed by atoms with E-state index in [1.807, 2.05) is 18.2 Å². The number of ether oxygens (including phenoxy) is 2. The lowest BCUT2D eigenvalue weighted by atomic mass is 9.90. The zero-order chi connectivity index (χ0) is 22.7. The average Bonchev–Trinajstić information content (AvgIpc) is 2.76. The van der Waals surface area contributed by atoms with Crippen molar-refractivity contribution < 1.29 is 32.2 Å². The number of carbonyl (C=O) groups is 2. The van der Waals surface area contributed by atoms with E-state index in [0.717, 1.165) is 49.1 Å². The summed E-state index contributed by atoms with van der Waals surface area (Å²) in [6, 6.07) is 12.0. The van der Waals surface area contributed by atoms with Gasteiger partial charge in [-0.15, -0.1) is 13.2 Å². The van der Waals surface area contributed by atoms with Crippen molar-refractivity contribution in [2.75, 3.05) is 11.9 Å². The minimum Gasteiger partial charge on any atom is -0.452 e. The third-order valence-corrected chi connectivity index (χ3v) is 5.08. The largest absolute Gasteiger partial charge is 0.573 e. The molecular formula is C23H19F3N2O4. The van der Waals surface area contributed by atoms with Gasteiger partial charge in [-0.1, -0.05) is 18.2 Å². The molecule has 1 amide bonds. The number of pyridine rings is 1. The van der Waals surface area contributed by atoms with Crippen molar-refractivity contribution in [3.05, 3.63) is 65.4 Å². The summed E-state index contributed by atoms with van der Waals surface area (Å²) in [7, 11) is 0. The Morgan fingerprint density at radius 1 is 1.00 bits per heavy atom. The summed E-state index contributed by atoms with van der Waals surface area (Å²) in [6.07, 6.45) is -1.34. The molecule has 0 saturated heterocycles. The number of para-hydroxylation sites is 1. The highest BCUT2D eigenvalue weighted by Crippen LogP contribution is 2.30. The summed E-state index contributed by atoms with van der Waals surface area (Å²) in [5, 5.41) is 3.15. The number of esters is 1. The molecule has 0 atom stereocenters. The molecule has 0 aliphatic heterocycles. The minimum atomic E-state index is -4.80. The standard InChI is InChI=1S/C23H19F3N2O4/c24-23(25,26)32-15-11-9-14(10-12-15)27-20(29)13-31-22(30)21-16-5-1-3-7-18(16)28-19-8-4-2-6-17(19)21/h1,3,5,7,9-12H,2,4,6,8,13H2,(H,27,29). The maximum Gasteiger partial charge on any atom is 0.573 e. The number of hydrogen-bond acceptors (Lipinski definition) is 5. The normalized spacial score (nSPS) is 13.3.